The van der Waals surface area contributed by atoms with E-state index in [1.807, 2.05) is 19.1 Å². The van der Waals surface area contributed by atoms with Crippen LogP contribution in [0.4, 0.5) is 0 Å². The van der Waals surface area contributed by atoms with E-state index >= 15 is 0 Å². The third-order valence-electron chi connectivity index (χ3n) is 3.08. The van der Waals surface area contributed by atoms with Gasteiger partial charge in [0.15, 0.2) is 0 Å². The Morgan fingerprint density at radius 2 is 2.06 bits per heavy atom. The quantitative estimate of drug-likeness (QED) is 0.866. The molecule has 0 saturated heterocycles. The third kappa shape index (κ3) is 2.36. The lowest BCUT2D eigenvalue weighted by Gasteiger charge is -2.11. The van der Waals surface area contributed by atoms with Crippen molar-refractivity contribution in [3.05, 3.63) is 47.5 Å². The van der Waals surface area contributed by atoms with E-state index in [2.05, 4.69) is 0 Å². The Bertz CT molecular complexity index is 575. The first-order chi connectivity index (χ1) is 8.63. The van der Waals surface area contributed by atoms with Gasteiger partial charge in [0.1, 0.15) is 0 Å². The number of benzene rings is 2. The van der Waals surface area contributed by atoms with Crippen LogP contribution in [0, 0.1) is 0 Å². The number of aliphatic hydroxyl groups is 1. The number of carboxylic acids is 1. The minimum Gasteiger partial charge on any atom is -0.478 e. The summed E-state index contributed by atoms with van der Waals surface area (Å²) in [4.78, 5) is 11.1. The Balaban J connectivity index is 2.50. The fraction of sp³-hybridized carbons (Fsp3) is 0.267. The number of rotatable bonds is 4. The van der Waals surface area contributed by atoms with Crippen LogP contribution in [0.1, 0.15) is 41.8 Å². The van der Waals surface area contributed by atoms with Crippen molar-refractivity contribution in [2.75, 3.05) is 0 Å². The van der Waals surface area contributed by atoms with Crippen LogP contribution in [-0.4, -0.2) is 16.2 Å². The lowest BCUT2D eigenvalue weighted by molar-refractivity contribution is 0.0699. The molecule has 3 heteroatoms. The van der Waals surface area contributed by atoms with Crippen LogP contribution >= 0.6 is 0 Å². The summed E-state index contributed by atoms with van der Waals surface area (Å²) in [6, 6.07) is 10.6. The molecule has 0 aliphatic heterocycles. The average molecular weight is 244 g/mol. The molecular weight excluding hydrogens is 228 g/mol. The van der Waals surface area contributed by atoms with E-state index in [0.717, 1.165) is 17.4 Å². The van der Waals surface area contributed by atoms with Crippen molar-refractivity contribution < 1.29 is 15.0 Å². The van der Waals surface area contributed by atoms with Crippen molar-refractivity contribution in [1.29, 1.82) is 0 Å². The zero-order chi connectivity index (χ0) is 13.1. The van der Waals surface area contributed by atoms with E-state index in [1.165, 1.54) is 0 Å². The SMILES string of the molecule is CCC[C@H](O)c1ccc2c(C(=O)O)cccc2c1. The molecule has 0 aliphatic carbocycles. The van der Waals surface area contributed by atoms with Gasteiger partial charge in [0.2, 0.25) is 0 Å². The molecule has 94 valence electrons. The van der Waals surface area contributed by atoms with Crippen LogP contribution in [0.5, 0.6) is 0 Å². The van der Waals surface area contributed by atoms with Gasteiger partial charge in [0.25, 0.3) is 0 Å². The molecule has 0 saturated carbocycles. The summed E-state index contributed by atoms with van der Waals surface area (Å²) in [5.41, 5.74) is 1.14. The molecule has 0 spiro atoms. The molecule has 0 bridgehead atoms. The number of carbonyl (C=O) groups is 1. The highest BCUT2D eigenvalue weighted by Gasteiger charge is 2.11. The molecule has 0 unspecified atom stereocenters. The lowest BCUT2D eigenvalue weighted by Crippen LogP contribution is -1.99. The molecule has 18 heavy (non-hydrogen) atoms. The van der Waals surface area contributed by atoms with Gasteiger partial charge < -0.3 is 10.2 Å². The Kier molecular flexibility index (Phi) is 3.63. The van der Waals surface area contributed by atoms with E-state index < -0.39 is 12.1 Å². The monoisotopic (exact) mass is 244 g/mol. The van der Waals surface area contributed by atoms with Crippen molar-refractivity contribution in [1.82, 2.24) is 0 Å². The molecule has 3 nitrogen and oxygen atoms in total. The molecule has 1 atom stereocenters. The summed E-state index contributed by atoms with van der Waals surface area (Å²) >= 11 is 0. The van der Waals surface area contributed by atoms with Crippen LogP contribution in [0.15, 0.2) is 36.4 Å². The molecular formula is C15H16O3. The Morgan fingerprint density at radius 1 is 1.28 bits per heavy atom. The summed E-state index contributed by atoms with van der Waals surface area (Å²) in [7, 11) is 0. The summed E-state index contributed by atoms with van der Waals surface area (Å²) in [5, 5.41) is 20.6. The first-order valence-corrected chi connectivity index (χ1v) is 6.07. The van der Waals surface area contributed by atoms with Crippen LogP contribution in [0.3, 0.4) is 0 Å². The maximum atomic E-state index is 11.1. The van der Waals surface area contributed by atoms with Crippen molar-refractivity contribution in [3.8, 4) is 0 Å². The smallest absolute Gasteiger partial charge is 0.336 e. The van der Waals surface area contributed by atoms with Gasteiger partial charge >= 0.3 is 5.97 Å². The van der Waals surface area contributed by atoms with Gasteiger partial charge in [-0.2, -0.15) is 0 Å². The van der Waals surface area contributed by atoms with Crippen LogP contribution in [0.2, 0.25) is 0 Å². The topological polar surface area (TPSA) is 57.5 Å². The summed E-state index contributed by atoms with van der Waals surface area (Å²) in [6.07, 6.45) is 1.14. The molecule has 0 aromatic heterocycles. The first kappa shape index (κ1) is 12.6. The predicted octanol–water partition coefficient (Wildman–Crippen LogP) is 3.37. The lowest BCUT2D eigenvalue weighted by atomic mass is 9.98. The van der Waals surface area contributed by atoms with E-state index in [1.54, 1.807) is 24.3 Å². The minimum absolute atomic E-state index is 0.295. The van der Waals surface area contributed by atoms with Crippen LogP contribution in [-0.2, 0) is 0 Å². The number of carboxylic acid groups (broad SMARTS) is 1. The van der Waals surface area contributed by atoms with Crippen molar-refractivity contribution in [3.63, 3.8) is 0 Å². The molecule has 2 rings (SSSR count). The van der Waals surface area contributed by atoms with E-state index in [4.69, 9.17) is 5.11 Å². The van der Waals surface area contributed by atoms with Gasteiger partial charge in [-0.15, -0.1) is 0 Å². The second kappa shape index (κ2) is 5.19. The molecule has 0 aliphatic rings. The molecule has 0 radical (unpaired) electrons. The van der Waals surface area contributed by atoms with Gasteiger partial charge in [0.05, 0.1) is 11.7 Å². The van der Waals surface area contributed by atoms with Gasteiger partial charge in [-0.3, -0.25) is 0 Å². The maximum Gasteiger partial charge on any atom is 0.336 e. The molecule has 0 amide bonds. The normalized spacial score (nSPS) is 12.6. The first-order valence-electron chi connectivity index (χ1n) is 6.07. The number of hydrogen-bond acceptors (Lipinski definition) is 2. The third-order valence-corrected chi connectivity index (χ3v) is 3.08. The highest BCUT2D eigenvalue weighted by atomic mass is 16.4. The van der Waals surface area contributed by atoms with E-state index in [-0.39, 0.29) is 0 Å². The summed E-state index contributed by atoms with van der Waals surface area (Å²) in [5.74, 6) is -0.928. The molecule has 0 heterocycles. The highest BCUT2D eigenvalue weighted by Crippen LogP contribution is 2.25. The number of aromatic carboxylic acids is 1. The molecule has 2 aromatic carbocycles. The number of aliphatic hydroxyl groups excluding tert-OH is 1. The van der Waals surface area contributed by atoms with Crippen LogP contribution < -0.4 is 0 Å². The molecule has 0 fully saturated rings. The van der Waals surface area contributed by atoms with Crippen molar-refractivity contribution in [2.45, 2.75) is 25.9 Å². The standard InChI is InChI=1S/C15H16O3/c1-2-4-14(16)11-7-8-12-10(9-11)5-3-6-13(12)15(17)18/h3,5-9,14,16H,2,4H2,1H3,(H,17,18)/t14-/m0/s1. The summed E-state index contributed by atoms with van der Waals surface area (Å²) < 4.78 is 0. The largest absolute Gasteiger partial charge is 0.478 e. The minimum atomic E-state index is -0.928. The number of fused-ring (bicyclic) bond motifs is 1. The second-order valence-corrected chi connectivity index (χ2v) is 4.40. The van der Waals surface area contributed by atoms with Gasteiger partial charge in [-0.25, -0.2) is 4.79 Å². The van der Waals surface area contributed by atoms with E-state index in [0.29, 0.717) is 17.4 Å². The van der Waals surface area contributed by atoms with Gasteiger partial charge in [0, 0.05) is 0 Å². The Labute approximate surface area is 106 Å². The average Bonchev–Trinajstić information content (AvgIpc) is 2.37. The maximum absolute atomic E-state index is 11.1. The zero-order valence-electron chi connectivity index (χ0n) is 10.3. The predicted molar refractivity (Wildman–Crippen MR) is 70.8 cm³/mol. The highest BCUT2D eigenvalue weighted by molar-refractivity contribution is 6.03. The summed E-state index contributed by atoms with van der Waals surface area (Å²) in [6.45, 7) is 2.02. The van der Waals surface area contributed by atoms with Crippen molar-refractivity contribution >= 4 is 16.7 Å². The fourth-order valence-corrected chi connectivity index (χ4v) is 2.14. The van der Waals surface area contributed by atoms with E-state index in [9.17, 15) is 9.90 Å². The Hall–Kier alpha value is -1.87. The zero-order valence-corrected chi connectivity index (χ0v) is 10.3. The van der Waals surface area contributed by atoms with Crippen molar-refractivity contribution in [2.24, 2.45) is 0 Å². The fourth-order valence-electron chi connectivity index (χ4n) is 2.14. The number of hydrogen-bond donors (Lipinski definition) is 2. The van der Waals surface area contributed by atoms with Gasteiger partial charge in [-0.1, -0.05) is 37.6 Å². The molecule has 2 aromatic rings. The van der Waals surface area contributed by atoms with Crippen LogP contribution in [0.25, 0.3) is 10.8 Å². The van der Waals surface area contributed by atoms with Gasteiger partial charge in [-0.05, 0) is 34.9 Å². The Morgan fingerprint density at radius 3 is 2.72 bits per heavy atom. The second-order valence-electron chi connectivity index (χ2n) is 4.40. The molecule has 2 N–H and O–H groups in total.